The van der Waals surface area contributed by atoms with Crippen molar-refractivity contribution in [2.45, 2.75) is 37.8 Å². The topological polar surface area (TPSA) is 75.7 Å². The molecule has 0 aromatic heterocycles. The minimum Gasteiger partial charge on any atom is -0.497 e. The van der Waals surface area contributed by atoms with E-state index >= 15 is 0 Å². The van der Waals surface area contributed by atoms with Gasteiger partial charge in [0.15, 0.2) is 0 Å². The van der Waals surface area contributed by atoms with E-state index in [4.69, 9.17) is 4.74 Å². The van der Waals surface area contributed by atoms with Gasteiger partial charge in [0.1, 0.15) is 11.8 Å². The van der Waals surface area contributed by atoms with Gasteiger partial charge in [-0.15, -0.1) is 0 Å². The maximum Gasteiger partial charge on any atom is 0.244 e. The number of hydrogen-bond acceptors (Lipinski definition) is 4. The lowest BCUT2D eigenvalue weighted by Gasteiger charge is -2.35. The Labute approximate surface area is 188 Å². The molecule has 0 radical (unpaired) electrons. The Morgan fingerprint density at radius 1 is 0.969 bits per heavy atom. The number of sulfonamides is 1. The van der Waals surface area contributed by atoms with Crippen LogP contribution < -0.4 is 10.1 Å². The summed E-state index contributed by atoms with van der Waals surface area (Å²) in [7, 11) is -2.39. The standard InChI is InChI=1S/C25H26N2O4S/c1-17-8-9-21(14-18(17)2)26-25(28)24-15-19-6-4-5-7-20(19)16-27(24)32(29,30)23-12-10-22(31-3)11-13-23/h4-14,24H,15-16H2,1-3H3,(H,26,28). The molecule has 1 heterocycles. The fourth-order valence-corrected chi connectivity index (χ4v) is 5.47. The van der Waals surface area contributed by atoms with Crippen LogP contribution in [0, 0.1) is 13.8 Å². The number of amides is 1. The highest BCUT2D eigenvalue weighted by Crippen LogP contribution is 2.30. The Balaban J connectivity index is 1.70. The van der Waals surface area contributed by atoms with Crippen molar-refractivity contribution in [3.63, 3.8) is 0 Å². The molecule has 32 heavy (non-hydrogen) atoms. The Kier molecular flexibility index (Phi) is 6.04. The molecule has 0 aliphatic carbocycles. The van der Waals surface area contributed by atoms with E-state index in [0.717, 1.165) is 22.3 Å². The largest absolute Gasteiger partial charge is 0.497 e. The van der Waals surface area contributed by atoms with Gasteiger partial charge in [0.25, 0.3) is 0 Å². The number of methoxy groups -OCH3 is 1. The van der Waals surface area contributed by atoms with Crippen molar-refractivity contribution in [1.29, 1.82) is 0 Å². The summed E-state index contributed by atoms with van der Waals surface area (Å²) >= 11 is 0. The van der Waals surface area contributed by atoms with Crippen molar-refractivity contribution in [2.24, 2.45) is 0 Å². The van der Waals surface area contributed by atoms with E-state index in [2.05, 4.69) is 5.32 Å². The Hall–Kier alpha value is -3.16. The second-order valence-corrected chi connectivity index (χ2v) is 9.89. The van der Waals surface area contributed by atoms with Gasteiger partial charge in [-0.25, -0.2) is 8.42 Å². The minimum atomic E-state index is -3.91. The smallest absolute Gasteiger partial charge is 0.244 e. The SMILES string of the molecule is COc1ccc(S(=O)(=O)N2Cc3ccccc3CC2C(=O)Nc2ccc(C)c(C)c2)cc1. The van der Waals surface area contributed by atoms with Crippen LogP contribution in [0.4, 0.5) is 5.69 Å². The predicted octanol–water partition coefficient (Wildman–Crippen LogP) is 4.07. The summed E-state index contributed by atoms with van der Waals surface area (Å²) in [5.41, 5.74) is 4.71. The Morgan fingerprint density at radius 3 is 2.31 bits per heavy atom. The monoisotopic (exact) mass is 450 g/mol. The molecule has 166 valence electrons. The second-order valence-electron chi connectivity index (χ2n) is 8.00. The van der Waals surface area contributed by atoms with E-state index in [-0.39, 0.29) is 17.3 Å². The second kappa shape index (κ2) is 8.76. The van der Waals surface area contributed by atoms with Crippen LogP contribution >= 0.6 is 0 Å². The third-order valence-electron chi connectivity index (χ3n) is 5.95. The molecule has 0 saturated carbocycles. The third kappa shape index (κ3) is 4.26. The third-order valence-corrected chi connectivity index (χ3v) is 7.82. The number of benzene rings is 3. The van der Waals surface area contributed by atoms with Gasteiger partial charge >= 0.3 is 0 Å². The molecule has 1 N–H and O–H groups in total. The zero-order valence-electron chi connectivity index (χ0n) is 18.3. The van der Waals surface area contributed by atoms with Crippen LogP contribution in [0.5, 0.6) is 5.75 Å². The van der Waals surface area contributed by atoms with E-state index < -0.39 is 16.1 Å². The molecular weight excluding hydrogens is 424 g/mol. The molecule has 1 atom stereocenters. The van der Waals surface area contributed by atoms with Crippen LogP contribution in [0.1, 0.15) is 22.3 Å². The summed E-state index contributed by atoms with van der Waals surface area (Å²) < 4.78 is 33.6. The van der Waals surface area contributed by atoms with E-state index in [9.17, 15) is 13.2 Å². The van der Waals surface area contributed by atoms with Gasteiger partial charge in [-0.2, -0.15) is 4.31 Å². The lowest BCUT2D eigenvalue weighted by atomic mass is 9.95. The van der Waals surface area contributed by atoms with E-state index in [1.165, 1.54) is 23.5 Å². The van der Waals surface area contributed by atoms with Crippen LogP contribution in [0.3, 0.4) is 0 Å². The van der Waals surface area contributed by atoms with Gasteiger partial charge in [0.05, 0.1) is 12.0 Å². The van der Waals surface area contributed by atoms with Crippen LogP contribution in [0.2, 0.25) is 0 Å². The quantitative estimate of drug-likeness (QED) is 0.636. The molecule has 0 fully saturated rings. The van der Waals surface area contributed by atoms with Crippen LogP contribution in [0.15, 0.2) is 71.6 Å². The average molecular weight is 451 g/mol. The van der Waals surface area contributed by atoms with Gasteiger partial charge in [-0.05, 0) is 78.9 Å². The molecule has 0 bridgehead atoms. The number of carbonyl (C=O) groups is 1. The van der Waals surface area contributed by atoms with Crippen molar-refractivity contribution in [2.75, 3.05) is 12.4 Å². The molecule has 3 aromatic rings. The van der Waals surface area contributed by atoms with Gasteiger partial charge in [0.2, 0.25) is 15.9 Å². The van der Waals surface area contributed by atoms with E-state index in [1.54, 1.807) is 12.1 Å². The van der Waals surface area contributed by atoms with Gasteiger partial charge in [0, 0.05) is 12.2 Å². The molecular formula is C25H26N2O4S. The first-order chi connectivity index (χ1) is 15.3. The number of carbonyl (C=O) groups excluding carboxylic acids is 1. The maximum absolute atomic E-state index is 13.6. The summed E-state index contributed by atoms with van der Waals surface area (Å²) in [6.07, 6.45) is 0.308. The fourth-order valence-electron chi connectivity index (χ4n) is 3.90. The summed E-state index contributed by atoms with van der Waals surface area (Å²) in [5, 5.41) is 2.92. The Morgan fingerprint density at radius 2 is 1.66 bits per heavy atom. The van der Waals surface area contributed by atoms with Crippen molar-refractivity contribution in [3.05, 3.63) is 89.0 Å². The Bertz CT molecular complexity index is 1250. The van der Waals surface area contributed by atoms with E-state index in [1.807, 2.05) is 56.3 Å². The number of hydrogen-bond donors (Lipinski definition) is 1. The van der Waals surface area contributed by atoms with Crippen LogP contribution in [0.25, 0.3) is 0 Å². The molecule has 6 nitrogen and oxygen atoms in total. The lowest BCUT2D eigenvalue weighted by Crippen LogP contribution is -2.50. The number of ether oxygens (including phenoxy) is 1. The lowest BCUT2D eigenvalue weighted by molar-refractivity contribution is -0.120. The number of fused-ring (bicyclic) bond motifs is 1. The number of aryl methyl sites for hydroxylation is 2. The molecule has 3 aromatic carbocycles. The van der Waals surface area contributed by atoms with Crippen molar-refractivity contribution in [3.8, 4) is 5.75 Å². The molecule has 0 saturated heterocycles. The molecule has 7 heteroatoms. The van der Waals surface area contributed by atoms with E-state index in [0.29, 0.717) is 17.9 Å². The normalized spacial score (nSPS) is 16.3. The van der Waals surface area contributed by atoms with Crippen molar-refractivity contribution < 1.29 is 17.9 Å². The van der Waals surface area contributed by atoms with Gasteiger partial charge in [-0.3, -0.25) is 4.79 Å². The van der Waals surface area contributed by atoms with Crippen molar-refractivity contribution in [1.82, 2.24) is 4.31 Å². The highest BCUT2D eigenvalue weighted by molar-refractivity contribution is 7.89. The molecule has 0 spiro atoms. The molecule has 1 aliphatic heterocycles. The summed E-state index contributed by atoms with van der Waals surface area (Å²) in [5.74, 6) is 0.219. The van der Waals surface area contributed by atoms with Gasteiger partial charge in [-0.1, -0.05) is 30.3 Å². The summed E-state index contributed by atoms with van der Waals surface area (Å²) in [6, 6.07) is 18.7. The van der Waals surface area contributed by atoms with Crippen LogP contribution in [-0.2, 0) is 27.8 Å². The predicted molar refractivity (Wildman–Crippen MR) is 124 cm³/mol. The molecule has 1 aliphatic rings. The number of nitrogens with one attached hydrogen (secondary N) is 1. The van der Waals surface area contributed by atoms with Gasteiger partial charge < -0.3 is 10.1 Å². The highest BCUT2D eigenvalue weighted by atomic mass is 32.2. The first-order valence-corrected chi connectivity index (χ1v) is 11.8. The number of rotatable bonds is 5. The minimum absolute atomic E-state index is 0.127. The molecule has 1 unspecified atom stereocenters. The number of anilines is 1. The summed E-state index contributed by atoms with van der Waals surface area (Å²) in [4.78, 5) is 13.5. The zero-order valence-corrected chi connectivity index (χ0v) is 19.1. The number of nitrogens with zero attached hydrogens (tertiary/aromatic N) is 1. The first kappa shape index (κ1) is 22.0. The fraction of sp³-hybridized carbons (Fsp3) is 0.240. The maximum atomic E-state index is 13.6. The first-order valence-electron chi connectivity index (χ1n) is 10.4. The zero-order chi connectivity index (χ0) is 22.9. The summed E-state index contributed by atoms with van der Waals surface area (Å²) in [6.45, 7) is 4.11. The average Bonchev–Trinajstić information content (AvgIpc) is 2.80. The van der Waals surface area contributed by atoms with Crippen LogP contribution in [-0.4, -0.2) is 31.8 Å². The molecule has 1 amide bonds. The molecule has 4 rings (SSSR count). The van der Waals surface area contributed by atoms with Crippen molar-refractivity contribution >= 4 is 21.6 Å². The highest BCUT2D eigenvalue weighted by Gasteiger charge is 2.39.